The van der Waals surface area contributed by atoms with E-state index in [4.69, 9.17) is 4.74 Å². The number of aryl methyl sites for hydroxylation is 1. The molecule has 1 N–H and O–H groups in total. The quantitative estimate of drug-likeness (QED) is 0.902. The van der Waals surface area contributed by atoms with E-state index in [1.54, 1.807) is 6.20 Å². The van der Waals surface area contributed by atoms with E-state index in [9.17, 15) is 0 Å². The van der Waals surface area contributed by atoms with Crippen LogP contribution in [0.2, 0.25) is 0 Å². The summed E-state index contributed by atoms with van der Waals surface area (Å²) >= 11 is 3.47. The summed E-state index contributed by atoms with van der Waals surface area (Å²) in [6.45, 7) is 5.77. The van der Waals surface area contributed by atoms with Crippen molar-refractivity contribution in [2.24, 2.45) is 0 Å². The molecule has 100 valence electrons. The number of hydrogen-bond acceptors (Lipinski definition) is 3. The van der Waals surface area contributed by atoms with E-state index in [1.807, 2.05) is 31.2 Å². The molecule has 0 bridgehead atoms. The van der Waals surface area contributed by atoms with Gasteiger partial charge in [0.25, 0.3) is 0 Å². The molecule has 0 atom stereocenters. The maximum atomic E-state index is 5.91. The Labute approximate surface area is 122 Å². The molecule has 0 aliphatic heterocycles. The van der Waals surface area contributed by atoms with Gasteiger partial charge in [-0.05, 0) is 37.7 Å². The van der Waals surface area contributed by atoms with Gasteiger partial charge in [0, 0.05) is 22.3 Å². The highest BCUT2D eigenvalue weighted by atomic mass is 79.9. The third-order valence-corrected chi connectivity index (χ3v) is 3.20. The number of hydrogen-bond donors (Lipinski definition) is 1. The summed E-state index contributed by atoms with van der Waals surface area (Å²) < 4.78 is 6.91. The number of pyridine rings is 1. The molecule has 0 unspecified atom stereocenters. The molecule has 1 aromatic carbocycles. The summed E-state index contributed by atoms with van der Waals surface area (Å²) in [7, 11) is 0. The van der Waals surface area contributed by atoms with Gasteiger partial charge in [-0.25, -0.2) is 0 Å². The number of nitrogens with zero attached hydrogens (tertiary/aromatic N) is 1. The van der Waals surface area contributed by atoms with Crippen molar-refractivity contribution in [2.45, 2.75) is 20.4 Å². The third kappa shape index (κ3) is 4.04. The minimum Gasteiger partial charge on any atom is -0.455 e. The van der Waals surface area contributed by atoms with Crippen LogP contribution in [0.4, 0.5) is 0 Å². The molecule has 0 spiro atoms. The number of ether oxygens (including phenoxy) is 1. The Hall–Kier alpha value is -1.39. The van der Waals surface area contributed by atoms with Gasteiger partial charge in [-0.2, -0.15) is 0 Å². The lowest BCUT2D eigenvalue weighted by Gasteiger charge is -2.12. The monoisotopic (exact) mass is 320 g/mol. The number of nitrogens with one attached hydrogen (secondary N) is 1. The predicted molar refractivity (Wildman–Crippen MR) is 80.6 cm³/mol. The van der Waals surface area contributed by atoms with E-state index in [1.165, 1.54) is 0 Å². The molecule has 4 heteroatoms. The van der Waals surface area contributed by atoms with Crippen molar-refractivity contribution in [3.05, 3.63) is 52.3 Å². The Morgan fingerprint density at radius 3 is 2.79 bits per heavy atom. The molecule has 0 radical (unpaired) electrons. The van der Waals surface area contributed by atoms with Crippen molar-refractivity contribution in [2.75, 3.05) is 6.54 Å². The highest BCUT2D eigenvalue weighted by molar-refractivity contribution is 9.10. The number of aromatic nitrogens is 1. The zero-order chi connectivity index (χ0) is 13.7. The lowest BCUT2D eigenvalue weighted by atomic mass is 10.2. The summed E-state index contributed by atoms with van der Waals surface area (Å²) in [4.78, 5) is 4.24. The highest BCUT2D eigenvalue weighted by Gasteiger charge is 2.06. The van der Waals surface area contributed by atoms with E-state index in [2.05, 4.69) is 39.2 Å². The smallest absolute Gasteiger partial charge is 0.145 e. The standard InChI is InChI=1S/C15H17BrN2O/c1-3-17-9-12-5-6-13(16)8-15(12)19-14-7-4-11(2)18-10-14/h4-8,10,17H,3,9H2,1-2H3. The molecule has 1 heterocycles. The number of halogens is 1. The predicted octanol–water partition coefficient (Wildman–Crippen LogP) is 4.05. The summed E-state index contributed by atoms with van der Waals surface area (Å²) in [6, 6.07) is 9.93. The molecule has 1 aromatic heterocycles. The van der Waals surface area contributed by atoms with Crippen molar-refractivity contribution >= 4 is 15.9 Å². The van der Waals surface area contributed by atoms with Gasteiger partial charge >= 0.3 is 0 Å². The first-order chi connectivity index (χ1) is 9.19. The topological polar surface area (TPSA) is 34.1 Å². The molecular formula is C15H17BrN2O. The third-order valence-electron chi connectivity index (χ3n) is 2.71. The Balaban J connectivity index is 2.22. The van der Waals surface area contributed by atoms with Crippen molar-refractivity contribution in [3.8, 4) is 11.5 Å². The molecule has 3 nitrogen and oxygen atoms in total. The second kappa shape index (κ2) is 6.68. The first-order valence-electron chi connectivity index (χ1n) is 6.28. The fourth-order valence-corrected chi connectivity index (χ4v) is 2.01. The van der Waals surface area contributed by atoms with Crippen LogP contribution in [0.1, 0.15) is 18.2 Å². The Morgan fingerprint density at radius 2 is 2.11 bits per heavy atom. The van der Waals surface area contributed by atoms with Gasteiger partial charge in [-0.15, -0.1) is 0 Å². The molecule has 2 rings (SSSR count). The van der Waals surface area contributed by atoms with Crippen LogP contribution in [-0.2, 0) is 6.54 Å². The van der Waals surface area contributed by atoms with Gasteiger partial charge in [0.2, 0.25) is 0 Å². The average molecular weight is 321 g/mol. The maximum absolute atomic E-state index is 5.91. The lowest BCUT2D eigenvalue weighted by Crippen LogP contribution is -2.12. The van der Waals surface area contributed by atoms with E-state index in [0.717, 1.165) is 40.3 Å². The fraction of sp³-hybridized carbons (Fsp3) is 0.267. The van der Waals surface area contributed by atoms with Crippen LogP contribution < -0.4 is 10.1 Å². The van der Waals surface area contributed by atoms with Crippen molar-refractivity contribution in [3.63, 3.8) is 0 Å². The molecule has 0 aliphatic rings. The first kappa shape index (κ1) is 14.0. The maximum Gasteiger partial charge on any atom is 0.145 e. The van der Waals surface area contributed by atoms with Crippen LogP contribution >= 0.6 is 15.9 Å². The summed E-state index contributed by atoms with van der Waals surface area (Å²) in [5.41, 5.74) is 2.11. The molecule has 0 saturated heterocycles. The number of rotatable bonds is 5. The fourth-order valence-electron chi connectivity index (χ4n) is 1.67. The molecule has 19 heavy (non-hydrogen) atoms. The van der Waals surface area contributed by atoms with Crippen LogP contribution in [-0.4, -0.2) is 11.5 Å². The average Bonchev–Trinajstić information content (AvgIpc) is 2.40. The second-order valence-electron chi connectivity index (χ2n) is 4.27. The Morgan fingerprint density at radius 1 is 1.26 bits per heavy atom. The van der Waals surface area contributed by atoms with Gasteiger partial charge in [-0.1, -0.05) is 28.9 Å². The zero-order valence-electron chi connectivity index (χ0n) is 11.1. The van der Waals surface area contributed by atoms with Crippen molar-refractivity contribution < 1.29 is 4.74 Å². The van der Waals surface area contributed by atoms with Gasteiger partial charge in [0.05, 0.1) is 6.20 Å². The number of benzene rings is 1. The molecule has 0 aliphatic carbocycles. The summed E-state index contributed by atoms with van der Waals surface area (Å²) in [5.74, 6) is 1.60. The van der Waals surface area contributed by atoms with Gasteiger partial charge in [0.1, 0.15) is 11.5 Å². The van der Waals surface area contributed by atoms with Crippen molar-refractivity contribution in [1.29, 1.82) is 0 Å². The van der Waals surface area contributed by atoms with E-state index >= 15 is 0 Å². The largest absolute Gasteiger partial charge is 0.455 e. The minimum atomic E-state index is 0.751. The SMILES string of the molecule is CCNCc1ccc(Br)cc1Oc1ccc(C)nc1. The molecule has 2 aromatic rings. The van der Waals surface area contributed by atoms with Crippen LogP contribution in [0.5, 0.6) is 11.5 Å². The van der Waals surface area contributed by atoms with Gasteiger partial charge in [0.15, 0.2) is 0 Å². The van der Waals surface area contributed by atoms with E-state index in [0.29, 0.717) is 0 Å². The first-order valence-corrected chi connectivity index (χ1v) is 7.08. The highest BCUT2D eigenvalue weighted by Crippen LogP contribution is 2.28. The Bertz CT molecular complexity index is 540. The Kier molecular flexibility index (Phi) is 4.93. The normalized spacial score (nSPS) is 10.5. The minimum absolute atomic E-state index is 0.751. The summed E-state index contributed by atoms with van der Waals surface area (Å²) in [6.07, 6.45) is 1.74. The summed E-state index contributed by atoms with van der Waals surface area (Å²) in [5, 5.41) is 3.31. The van der Waals surface area contributed by atoms with Crippen molar-refractivity contribution in [1.82, 2.24) is 10.3 Å². The van der Waals surface area contributed by atoms with Gasteiger partial charge in [-0.3, -0.25) is 4.98 Å². The molecular weight excluding hydrogens is 304 g/mol. The van der Waals surface area contributed by atoms with Crippen LogP contribution in [0.3, 0.4) is 0 Å². The van der Waals surface area contributed by atoms with E-state index < -0.39 is 0 Å². The van der Waals surface area contributed by atoms with Crippen LogP contribution in [0, 0.1) is 6.92 Å². The lowest BCUT2D eigenvalue weighted by molar-refractivity contribution is 0.470. The molecule has 0 saturated carbocycles. The second-order valence-corrected chi connectivity index (χ2v) is 5.19. The zero-order valence-corrected chi connectivity index (χ0v) is 12.7. The molecule has 0 fully saturated rings. The van der Waals surface area contributed by atoms with E-state index in [-0.39, 0.29) is 0 Å². The van der Waals surface area contributed by atoms with Crippen LogP contribution in [0.15, 0.2) is 41.0 Å². The molecule has 0 amide bonds. The van der Waals surface area contributed by atoms with Gasteiger partial charge < -0.3 is 10.1 Å². The van der Waals surface area contributed by atoms with Crippen LogP contribution in [0.25, 0.3) is 0 Å².